The normalized spacial score (nSPS) is 14.6. The predicted molar refractivity (Wildman–Crippen MR) is 54.0 cm³/mol. The maximum Gasteiger partial charge on any atom is 0.504 e. The molecular formula is C10H13N3O4. The van der Waals surface area contributed by atoms with E-state index in [0.717, 1.165) is 10.5 Å². The zero-order valence-corrected chi connectivity index (χ0v) is 9.43. The Labute approximate surface area is 97.9 Å². The Hall–Kier alpha value is -2.14. The minimum absolute atomic E-state index is 0.0113. The van der Waals surface area contributed by atoms with Gasteiger partial charge < -0.3 is 19.5 Å². The highest BCUT2D eigenvalue weighted by molar-refractivity contribution is 5.85. The first-order chi connectivity index (χ1) is 8.02. The fourth-order valence-electron chi connectivity index (χ4n) is 1.45. The molecular weight excluding hydrogens is 226 g/mol. The average molecular weight is 239 g/mol. The summed E-state index contributed by atoms with van der Waals surface area (Å²) in [5.74, 6) is -0.505. The number of nitrogens with one attached hydrogen (secondary N) is 1. The van der Waals surface area contributed by atoms with Gasteiger partial charge in [-0.25, -0.2) is 0 Å². The van der Waals surface area contributed by atoms with E-state index in [0.29, 0.717) is 13.0 Å². The largest absolute Gasteiger partial charge is 0.530 e. The van der Waals surface area contributed by atoms with E-state index in [1.807, 2.05) is 0 Å². The lowest BCUT2D eigenvalue weighted by atomic mass is 10.1. The third kappa shape index (κ3) is 4.08. The van der Waals surface area contributed by atoms with E-state index in [1.165, 1.54) is 6.92 Å². The SMILES string of the molecule is CC(=[N+]=N)OC(=O)CC1=CCN(C(=O)[O-])CC1. The van der Waals surface area contributed by atoms with Gasteiger partial charge in [-0.1, -0.05) is 11.6 Å². The number of carbonyl (C=O) groups is 2. The van der Waals surface area contributed by atoms with Crippen molar-refractivity contribution in [2.75, 3.05) is 13.1 Å². The second kappa shape index (κ2) is 5.81. The number of nitrogens with zero attached hydrogens (tertiary/aromatic N) is 2. The molecule has 0 radical (unpaired) electrons. The van der Waals surface area contributed by atoms with Crippen LogP contribution in [0.15, 0.2) is 11.6 Å². The number of carbonyl (C=O) groups excluding carboxylic acids is 2. The van der Waals surface area contributed by atoms with Gasteiger partial charge in [0.2, 0.25) is 0 Å². The van der Waals surface area contributed by atoms with Crippen molar-refractivity contribution in [3.8, 4) is 0 Å². The molecule has 0 bridgehead atoms. The molecule has 1 aliphatic heterocycles. The Bertz CT molecular complexity index is 410. The molecule has 0 fully saturated rings. The van der Waals surface area contributed by atoms with Crippen molar-refractivity contribution in [2.24, 2.45) is 0 Å². The lowest BCUT2D eigenvalue weighted by Gasteiger charge is -2.28. The average Bonchev–Trinajstić information content (AvgIpc) is 2.29. The van der Waals surface area contributed by atoms with Crippen LogP contribution in [-0.2, 0) is 9.53 Å². The lowest BCUT2D eigenvalue weighted by molar-refractivity contribution is -0.265. The van der Waals surface area contributed by atoms with Crippen LogP contribution < -0.4 is 5.11 Å². The van der Waals surface area contributed by atoms with Gasteiger partial charge in [-0.3, -0.25) is 4.79 Å². The Balaban J connectivity index is 2.46. The van der Waals surface area contributed by atoms with Gasteiger partial charge in [-0.05, 0) is 6.42 Å². The molecule has 1 aliphatic rings. The van der Waals surface area contributed by atoms with Crippen LogP contribution in [0.5, 0.6) is 0 Å². The molecule has 0 unspecified atom stereocenters. The van der Waals surface area contributed by atoms with E-state index in [9.17, 15) is 14.7 Å². The van der Waals surface area contributed by atoms with E-state index >= 15 is 0 Å². The van der Waals surface area contributed by atoms with E-state index in [1.54, 1.807) is 6.08 Å². The van der Waals surface area contributed by atoms with E-state index in [4.69, 9.17) is 10.3 Å². The third-order valence-electron chi connectivity index (χ3n) is 2.35. The zero-order chi connectivity index (χ0) is 12.8. The van der Waals surface area contributed by atoms with Crippen LogP contribution in [-0.4, -0.2) is 40.7 Å². The first kappa shape index (κ1) is 12.9. The van der Waals surface area contributed by atoms with Gasteiger partial charge in [-0.15, -0.1) is 0 Å². The molecule has 0 spiro atoms. The zero-order valence-electron chi connectivity index (χ0n) is 9.43. The summed E-state index contributed by atoms with van der Waals surface area (Å²) in [4.78, 5) is 26.0. The number of amides is 1. The Kier molecular flexibility index (Phi) is 4.42. The van der Waals surface area contributed by atoms with E-state index in [2.05, 4.69) is 4.79 Å². The molecule has 92 valence electrons. The van der Waals surface area contributed by atoms with Crippen molar-refractivity contribution >= 4 is 18.0 Å². The standard InChI is InChI=1S/C10H13N3O4/c1-7(12-11)17-9(14)6-8-2-4-13(5-3-8)10(15)16/h2,11H,3-6H2,1H3. The molecule has 7 nitrogen and oxygen atoms in total. The molecule has 0 saturated heterocycles. The summed E-state index contributed by atoms with van der Waals surface area (Å²) >= 11 is 0. The molecule has 1 amide bonds. The van der Waals surface area contributed by atoms with Crippen LogP contribution in [0.1, 0.15) is 19.8 Å². The van der Waals surface area contributed by atoms with Crippen molar-refractivity contribution in [1.82, 2.24) is 4.90 Å². The molecule has 7 heteroatoms. The first-order valence-electron chi connectivity index (χ1n) is 5.08. The Morgan fingerprint density at radius 2 is 2.35 bits per heavy atom. The van der Waals surface area contributed by atoms with Gasteiger partial charge in [0.25, 0.3) is 0 Å². The van der Waals surface area contributed by atoms with Crippen molar-refractivity contribution in [3.63, 3.8) is 0 Å². The molecule has 0 aromatic rings. The topological polar surface area (TPSA) is 108 Å². The Morgan fingerprint density at radius 3 is 2.82 bits per heavy atom. The fourth-order valence-corrected chi connectivity index (χ4v) is 1.45. The van der Waals surface area contributed by atoms with Crippen LogP contribution >= 0.6 is 0 Å². The highest BCUT2D eigenvalue weighted by Gasteiger charge is 2.17. The third-order valence-corrected chi connectivity index (χ3v) is 2.35. The lowest BCUT2D eigenvalue weighted by Crippen LogP contribution is -2.43. The van der Waals surface area contributed by atoms with E-state index < -0.39 is 12.1 Å². The van der Waals surface area contributed by atoms with Crippen LogP contribution in [0.2, 0.25) is 0 Å². The van der Waals surface area contributed by atoms with Gasteiger partial charge in [0, 0.05) is 13.1 Å². The molecule has 0 aromatic carbocycles. The predicted octanol–water partition coefficient (Wildman–Crippen LogP) is -0.447. The Morgan fingerprint density at radius 1 is 1.65 bits per heavy atom. The van der Waals surface area contributed by atoms with Crippen molar-refractivity contribution in [1.29, 1.82) is 5.53 Å². The van der Waals surface area contributed by atoms with Crippen LogP contribution in [0.4, 0.5) is 4.79 Å². The van der Waals surface area contributed by atoms with Crippen LogP contribution in [0.25, 0.3) is 0 Å². The number of esters is 1. The van der Waals surface area contributed by atoms with Crippen LogP contribution in [0, 0.1) is 5.53 Å². The molecule has 17 heavy (non-hydrogen) atoms. The number of rotatable bonds is 2. The summed E-state index contributed by atoms with van der Waals surface area (Å²) in [6, 6.07) is 0. The number of ether oxygens (including phenoxy) is 1. The molecule has 1 rings (SSSR count). The number of hydrogen-bond donors (Lipinski definition) is 1. The van der Waals surface area contributed by atoms with Gasteiger partial charge in [0.15, 0.2) is 0 Å². The fraction of sp³-hybridized carbons (Fsp3) is 0.500. The van der Waals surface area contributed by atoms with Gasteiger partial charge in [0.05, 0.1) is 23.7 Å². The molecule has 0 aliphatic carbocycles. The number of carboxylic acid groups (broad SMARTS) is 1. The highest BCUT2D eigenvalue weighted by atomic mass is 16.5. The molecule has 1 heterocycles. The second-order valence-electron chi connectivity index (χ2n) is 3.61. The van der Waals surface area contributed by atoms with Gasteiger partial charge >= 0.3 is 11.9 Å². The maximum atomic E-state index is 11.3. The second-order valence-corrected chi connectivity index (χ2v) is 3.61. The van der Waals surface area contributed by atoms with Crippen molar-refractivity contribution in [3.05, 3.63) is 11.6 Å². The quantitative estimate of drug-likeness (QED) is 0.176. The smallest absolute Gasteiger partial charge is 0.504 e. The van der Waals surface area contributed by atoms with Crippen molar-refractivity contribution in [2.45, 2.75) is 19.8 Å². The van der Waals surface area contributed by atoms with E-state index in [-0.39, 0.29) is 18.9 Å². The molecule has 0 atom stereocenters. The first-order valence-corrected chi connectivity index (χ1v) is 5.08. The highest BCUT2D eigenvalue weighted by Crippen LogP contribution is 2.14. The summed E-state index contributed by atoms with van der Waals surface area (Å²) in [6.07, 6.45) is 1.04. The minimum atomic E-state index is -1.21. The van der Waals surface area contributed by atoms with Gasteiger partial charge in [0.1, 0.15) is 6.09 Å². The summed E-state index contributed by atoms with van der Waals surface area (Å²) in [6.45, 7) is 1.97. The summed E-state index contributed by atoms with van der Waals surface area (Å²) in [5.41, 5.74) is 7.44. The minimum Gasteiger partial charge on any atom is -0.530 e. The summed E-state index contributed by atoms with van der Waals surface area (Å²) in [5, 5.41) is 10.5. The molecule has 0 saturated carbocycles. The molecule has 1 N–H and O–H groups in total. The summed E-state index contributed by atoms with van der Waals surface area (Å²) in [7, 11) is 0. The maximum absolute atomic E-state index is 11.3. The summed E-state index contributed by atoms with van der Waals surface area (Å²) < 4.78 is 4.72. The van der Waals surface area contributed by atoms with Crippen LogP contribution in [0.3, 0.4) is 0 Å². The van der Waals surface area contributed by atoms with Gasteiger partial charge in [-0.2, -0.15) is 0 Å². The molecule has 0 aromatic heterocycles. The number of hydrogen-bond acceptors (Lipinski definition) is 5. The monoisotopic (exact) mass is 239 g/mol. The van der Waals surface area contributed by atoms with Crippen molar-refractivity contribution < 1.29 is 24.2 Å².